The van der Waals surface area contributed by atoms with Gasteiger partial charge in [-0.25, -0.2) is 0 Å². The van der Waals surface area contributed by atoms with Crippen LogP contribution in [0.2, 0.25) is 0 Å². The predicted octanol–water partition coefficient (Wildman–Crippen LogP) is 2.78. The number of rotatable bonds is 4. The molecule has 2 aromatic rings. The van der Waals surface area contributed by atoms with Crippen molar-refractivity contribution in [3.05, 3.63) is 63.7 Å². The zero-order chi connectivity index (χ0) is 21.0. The van der Waals surface area contributed by atoms with Gasteiger partial charge in [0, 0.05) is 43.4 Å². The van der Waals surface area contributed by atoms with Crippen molar-refractivity contribution in [2.45, 2.75) is 6.92 Å². The van der Waals surface area contributed by atoms with E-state index in [1.165, 1.54) is 6.07 Å². The quantitative estimate of drug-likeness (QED) is 0.452. The van der Waals surface area contributed by atoms with Crippen LogP contribution in [0.1, 0.15) is 15.9 Å². The number of likely N-dealkylation sites (N-methyl/N-ethyl adjacent to an activating group) is 1. The van der Waals surface area contributed by atoms with Crippen molar-refractivity contribution in [2.75, 3.05) is 43.4 Å². The molecule has 152 valence electrons. The Morgan fingerprint density at radius 2 is 1.83 bits per heavy atom. The first-order chi connectivity index (χ1) is 13.8. The Kier molecular flexibility index (Phi) is 6.40. The van der Waals surface area contributed by atoms with Crippen LogP contribution >= 0.6 is 12.2 Å². The van der Waals surface area contributed by atoms with E-state index in [0.717, 1.165) is 37.6 Å². The zero-order valence-corrected chi connectivity index (χ0v) is 17.2. The number of piperazine rings is 1. The molecule has 0 unspecified atom stereocenters. The lowest BCUT2D eigenvalue weighted by Crippen LogP contribution is -2.45. The van der Waals surface area contributed by atoms with Gasteiger partial charge in [-0.05, 0) is 44.4 Å². The number of para-hydroxylation sites is 2. The van der Waals surface area contributed by atoms with Gasteiger partial charge in [0.25, 0.3) is 11.6 Å². The second-order valence-corrected chi connectivity index (χ2v) is 7.38. The molecule has 2 N–H and O–H groups in total. The maximum absolute atomic E-state index is 12.5. The molecule has 1 aliphatic rings. The molecule has 1 amide bonds. The fourth-order valence-electron chi connectivity index (χ4n) is 3.18. The van der Waals surface area contributed by atoms with Gasteiger partial charge in [-0.3, -0.25) is 20.2 Å². The van der Waals surface area contributed by atoms with E-state index in [1.807, 2.05) is 24.3 Å². The van der Waals surface area contributed by atoms with E-state index >= 15 is 0 Å². The fourth-order valence-corrected chi connectivity index (χ4v) is 3.38. The van der Waals surface area contributed by atoms with E-state index in [2.05, 4.69) is 27.5 Å². The molecule has 1 fully saturated rings. The van der Waals surface area contributed by atoms with Crippen LogP contribution in [-0.2, 0) is 0 Å². The van der Waals surface area contributed by atoms with Gasteiger partial charge in [0.15, 0.2) is 5.11 Å². The maximum atomic E-state index is 12.5. The third-order valence-electron chi connectivity index (χ3n) is 4.89. The number of carbonyl (C=O) groups excluding carboxylic acids is 1. The minimum Gasteiger partial charge on any atom is -0.367 e. The first-order valence-corrected chi connectivity index (χ1v) is 9.66. The van der Waals surface area contributed by atoms with Gasteiger partial charge in [-0.15, -0.1) is 0 Å². The third kappa shape index (κ3) is 5.07. The van der Waals surface area contributed by atoms with Gasteiger partial charge in [-0.2, -0.15) is 0 Å². The predicted molar refractivity (Wildman–Crippen MR) is 118 cm³/mol. The largest absolute Gasteiger partial charge is 0.367 e. The highest BCUT2D eigenvalue weighted by Gasteiger charge is 2.19. The number of hydrogen-bond acceptors (Lipinski definition) is 6. The smallest absolute Gasteiger partial charge is 0.273 e. The Hall–Kier alpha value is -3.04. The Morgan fingerprint density at radius 1 is 1.14 bits per heavy atom. The van der Waals surface area contributed by atoms with Gasteiger partial charge in [0.2, 0.25) is 0 Å². The minimum absolute atomic E-state index is 0.100. The molecule has 0 saturated carbocycles. The topological polar surface area (TPSA) is 90.8 Å². The Balaban J connectivity index is 1.69. The SMILES string of the molecule is Cc1ccc(C(=O)NC(=S)Nc2ccccc2N2CCN(C)CC2)cc1[N+](=O)[O-]. The van der Waals surface area contributed by atoms with Crippen LogP contribution < -0.4 is 15.5 Å². The van der Waals surface area contributed by atoms with E-state index in [-0.39, 0.29) is 16.4 Å². The van der Waals surface area contributed by atoms with Crippen LogP contribution in [0, 0.1) is 17.0 Å². The van der Waals surface area contributed by atoms with E-state index in [1.54, 1.807) is 19.1 Å². The molecule has 1 aliphatic heterocycles. The van der Waals surface area contributed by atoms with Gasteiger partial charge >= 0.3 is 0 Å². The van der Waals surface area contributed by atoms with Crippen LogP contribution in [0.4, 0.5) is 17.1 Å². The highest BCUT2D eigenvalue weighted by atomic mass is 32.1. The number of nitro benzene ring substituents is 1. The molecule has 2 aromatic carbocycles. The second-order valence-electron chi connectivity index (χ2n) is 6.97. The number of carbonyl (C=O) groups is 1. The number of amides is 1. The average molecular weight is 414 g/mol. The summed E-state index contributed by atoms with van der Waals surface area (Å²) in [5, 5.41) is 16.9. The maximum Gasteiger partial charge on any atom is 0.273 e. The van der Waals surface area contributed by atoms with E-state index in [4.69, 9.17) is 12.2 Å². The van der Waals surface area contributed by atoms with Crippen molar-refractivity contribution in [1.82, 2.24) is 10.2 Å². The molecule has 3 rings (SSSR count). The molecule has 0 aliphatic carbocycles. The van der Waals surface area contributed by atoms with Crippen molar-refractivity contribution in [3.8, 4) is 0 Å². The van der Waals surface area contributed by atoms with Gasteiger partial charge in [-0.1, -0.05) is 18.2 Å². The zero-order valence-electron chi connectivity index (χ0n) is 16.3. The van der Waals surface area contributed by atoms with Crippen molar-refractivity contribution < 1.29 is 9.72 Å². The lowest BCUT2D eigenvalue weighted by molar-refractivity contribution is -0.385. The molecule has 0 bridgehead atoms. The first-order valence-electron chi connectivity index (χ1n) is 9.25. The molecule has 0 radical (unpaired) electrons. The van der Waals surface area contributed by atoms with Gasteiger partial charge in [0.1, 0.15) is 0 Å². The summed E-state index contributed by atoms with van der Waals surface area (Å²) in [6, 6.07) is 12.1. The highest BCUT2D eigenvalue weighted by molar-refractivity contribution is 7.80. The lowest BCUT2D eigenvalue weighted by atomic mass is 10.1. The number of benzene rings is 2. The summed E-state index contributed by atoms with van der Waals surface area (Å²) < 4.78 is 0. The fraction of sp³-hybridized carbons (Fsp3) is 0.300. The average Bonchev–Trinajstić information content (AvgIpc) is 2.69. The first kappa shape index (κ1) is 20.7. The lowest BCUT2D eigenvalue weighted by Gasteiger charge is -2.35. The monoisotopic (exact) mass is 413 g/mol. The molecule has 1 saturated heterocycles. The van der Waals surface area contributed by atoms with E-state index in [0.29, 0.717) is 5.56 Å². The number of hydrogen-bond donors (Lipinski definition) is 2. The normalized spacial score (nSPS) is 14.3. The third-order valence-corrected chi connectivity index (χ3v) is 5.10. The molecule has 0 aromatic heterocycles. The Labute approximate surface area is 174 Å². The summed E-state index contributed by atoms with van der Waals surface area (Å²) in [5.41, 5.74) is 2.39. The molecule has 9 heteroatoms. The van der Waals surface area contributed by atoms with Crippen LogP contribution in [-0.4, -0.2) is 54.1 Å². The summed E-state index contributed by atoms with van der Waals surface area (Å²) in [5.74, 6) is -0.498. The summed E-state index contributed by atoms with van der Waals surface area (Å²) in [6.07, 6.45) is 0. The number of thiocarbonyl (C=S) groups is 1. The summed E-state index contributed by atoms with van der Waals surface area (Å²) in [7, 11) is 2.10. The minimum atomic E-state index is -0.505. The molecule has 0 spiro atoms. The Bertz CT molecular complexity index is 941. The van der Waals surface area contributed by atoms with Crippen molar-refractivity contribution in [3.63, 3.8) is 0 Å². The number of nitro groups is 1. The molecule has 8 nitrogen and oxygen atoms in total. The molecule has 29 heavy (non-hydrogen) atoms. The van der Waals surface area contributed by atoms with Gasteiger partial charge < -0.3 is 15.1 Å². The summed E-state index contributed by atoms with van der Waals surface area (Å²) in [4.78, 5) is 27.6. The standard InChI is InChI=1S/C20H23N5O3S/c1-14-7-8-15(13-18(14)25(27)28)19(26)22-20(29)21-16-5-3-4-6-17(16)24-11-9-23(2)10-12-24/h3-8,13H,9-12H2,1-2H3,(H2,21,22,26,29). The van der Waals surface area contributed by atoms with E-state index in [9.17, 15) is 14.9 Å². The number of anilines is 2. The molecular formula is C20H23N5O3S. The van der Waals surface area contributed by atoms with Gasteiger partial charge in [0.05, 0.1) is 16.3 Å². The Morgan fingerprint density at radius 3 is 2.52 bits per heavy atom. The highest BCUT2D eigenvalue weighted by Crippen LogP contribution is 2.26. The molecular weight excluding hydrogens is 390 g/mol. The number of nitrogens with one attached hydrogen (secondary N) is 2. The van der Waals surface area contributed by atoms with Crippen LogP contribution in [0.15, 0.2) is 42.5 Å². The van der Waals surface area contributed by atoms with Crippen LogP contribution in [0.3, 0.4) is 0 Å². The van der Waals surface area contributed by atoms with Crippen LogP contribution in [0.25, 0.3) is 0 Å². The van der Waals surface area contributed by atoms with Crippen molar-refractivity contribution in [1.29, 1.82) is 0 Å². The second kappa shape index (κ2) is 8.97. The molecule has 1 heterocycles. The van der Waals surface area contributed by atoms with E-state index < -0.39 is 10.8 Å². The summed E-state index contributed by atoms with van der Waals surface area (Å²) in [6.45, 7) is 5.38. The number of nitrogens with zero attached hydrogens (tertiary/aromatic N) is 3. The summed E-state index contributed by atoms with van der Waals surface area (Å²) >= 11 is 5.30. The van der Waals surface area contributed by atoms with Crippen molar-refractivity contribution in [2.24, 2.45) is 0 Å². The van der Waals surface area contributed by atoms with Crippen LogP contribution in [0.5, 0.6) is 0 Å². The molecule has 0 atom stereocenters. The van der Waals surface area contributed by atoms with Crippen molar-refractivity contribution >= 4 is 40.3 Å². The number of aryl methyl sites for hydroxylation is 1.